The number of aliphatic hydroxyl groups excluding tert-OH is 2. The fraction of sp³-hybridized carbons (Fsp3) is 0.333. The van der Waals surface area contributed by atoms with Crippen LogP contribution in [0.15, 0.2) is 47.2 Å². The normalized spacial score (nSPS) is 25.4. The molecule has 0 aromatic heterocycles. The van der Waals surface area contributed by atoms with Crippen LogP contribution in [0.25, 0.3) is 5.76 Å². The number of Topliss-reactive ketones (excluding diaryl/α,β-unsaturated/α-hetero) is 2. The second-order valence-electron chi connectivity index (χ2n) is 12.0. The first-order valence-corrected chi connectivity index (χ1v) is 14.5. The smallest absolute Gasteiger partial charge is 0.323 e. The lowest BCUT2D eigenvalue weighted by molar-refractivity contribution is -0.383. The van der Waals surface area contributed by atoms with E-state index in [0.29, 0.717) is 5.56 Å². The second kappa shape index (κ2) is 11.6. The van der Waals surface area contributed by atoms with Gasteiger partial charge in [-0.05, 0) is 58.4 Å². The Morgan fingerprint density at radius 3 is 2.19 bits per heavy atom. The summed E-state index contributed by atoms with van der Waals surface area (Å²) in [6.07, 6.45) is -0.127. The standard InChI is InChI=1S/C30H31ClN6O10/c1-35(2)21-12-6-8-16(34-29(44)33-15-7-5-11(31)9-17(15)37(46)47)23(38)18(12)24(39)19-13(21)10-14-22(36(3)4)25(40)20(28(32)43)27(42)30(14,45)26(19)41/h5-9,13-14,21-22,38-39,42,45H,10H2,1-4H3,(H2,32,43)(H2,33,34,44)/t13?,14?,21?,22-,30-/m0/s1. The minimum Gasteiger partial charge on any atom is -0.508 e. The highest BCUT2D eigenvalue weighted by molar-refractivity contribution is 6.31. The van der Waals surface area contributed by atoms with Crippen LogP contribution in [0.3, 0.4) is 0 Å². The fourth-order valence-corrected chi connectivity index (χ4v) is 7.18. The number of phenols is 1. The Morgan fingerprint density at radius 1 is 1.02 bits per heavy atom. The molecule has 3 aliphatic carbocycles. The lowest BCUT2D eigenvalue weighted by Crippen LogP contribution is -2.66. The van der Waals surface area contributed by atoms with E-state index >= 15 is 0 Å². The first-order valence-electron chi connectivity index (χ1n) is 14.1. The van der Waals surface area contributed by atoms with Crippen molar-refractivity contribution in [3.8, 4) is 5.75 Å². The van der Waals surface area contributed by atoms with E-state index in [0.717, 1.165) is 6.07 Å². The third-order valence-corrected chi connectivity index (χ3v) is 9.15. The minimum absolute atomic E-state index is 0.0622. The second-order valence-corrected chi connectivity index (χ2v) is 12.4. The van der Waals surface area contributed by atoms with Crippen LogP contribution in [-0.4, -0.2) is 98.5 Å². The molecule has 3 amide bonds. The molecule has 248 valence electrons. The third-order valence-electron chi connectivity index (χ3n) is 8.91. The number of likely N-dealkylation sites (N-methyl/N-ethyl adjacent to an activating group) is 1. The van der Waals surface area contributed by atoms with Crippen LogP contribution in [0.4, 0.5) is 21.9 Å². The zero-order valence-corrected chi connectivity index (χ0v) is 26.2. The number of amides is 3. The Bertz CT molecular complexity index is 1840. The maximum absolute atomic E-state index is 14.3. The number of anilines is 2. The van der Waals surface area contributed by atoms with Gasteiger partial charge in [0.25, 0.3) is 11.6 Å². The van der Waals surface area contributed by atoms with Crippen molar-refractivity contribution < 1.29 is 44.5 Å². The number of rotatable bonds is 6. The van der Waals surface area contributed by atoms with Gasteiger partial charge in [-0.15, -0.1) is 0 Å². The van der Waals surface area contributed by atoms with Crippen molar-refractivity contribution in [3.63, 3.8) is 0 Å². The van der Waals surface area contributed by atoms with E-state index in [2.05, 4.69) is 10.6 Å². The quantitative estimate of drug-likeness (QED) is 0.101. The number of hydrogen-bond acceptors (Lipinski definition) is 12. The van der Waals surface area contributed by atoms with Crippen molar-refractivity contribution in [2.75, 3.05) is 38.8 Å². The molecule has 8 N–H and O–H groups in total. The molecule has 47 heavy (non-hydrogen) atoms. The molecule has 1 saturated carbocycles. The molecule has 2 aromatic carbocycles. The van der Waals surface area contributed by atoms with E-state index in [9.17, 15) is 49.7 Å². The molecule has 17 heteroatoms. The number of phenolic OH excluding ortho intramolecular Hbond substituents is 1. The first-order chi connectivity index (χ1) is 21.9. The Morgan fingerprint density at radius 2 is 1.62 bits per heavy atom. The molecule has 0 spiro atoms. The van der Waals surface area contributed by atoms with Crippen molar-refractivity contribution in [3.05, 3.63) is 73.5 Å². The number of halogens is 1. The van der Waals surface area contributed by atoms with E-state index in [1.54, 1.807) is 19.0 Å². The van der Waals surface area contributed by atoms with Crippen molar-refractivity contribution in [1.82, 2.24) is 9.80 Å². The van der Waals surface area contributed by atoms with E-state index in [1.807, 2.05) is 0 Å². The van der Waals surface area contributed by atoms with E-state index in [1.165, 1.54) is 43.3 Å². The van der Waals surface area contributed by atoms with Crippen LogP contribution in [0.1, 0.15) is 23.6 Å². The van der Waals surface area contributed by atoms with Gasteiger partial charge in [-0.1, -0.05) is 17.7 Å². The van der Waals surface area contributed by atoms with Gasteiger partial charge >= 0.3 is 6.03 Å². The molecule has 5 rings (SSSR count). The largest absolute Gasteiger partial charge is 0.508 e. The summed E-state index contributed by atoms with van der Waals surface area (Å²) in [4.78, 5) is 66.5. The van der Waals surface area contributed by atoms with E-state index in [-0.39, 0.29) is 34.0 Å². The van der Waals surface area contributed by atoms with Crippen LogP contribution in [0, 0.1) is 22.0 Å². The highest BCUT2D eigenvalue weighted by Gasteiger charge is 2.65. The molecular formula is C30H31ClN6O10. The molecule has 0 bridgehead atoms. The van der Waals surface area contributed by atoms with E-state index in [4.69, 9.17) is 17.3 Å². The summed E-state index contributed by atoms with van der Waals surface area (Å²) in [6.45, 7) is 0. The van der Waals surface area contributed by atoms with Gasteiger partial charge in [0.1, 0.15) is 28.5 Å². The van der Waals surface area contributed by atoms with Gasteiger partial charge in [-0.25, -0.2) is 4.79 Å². The van der Waals surface area contributed by atoms with Crippen LogP contribution >= 0.6 is 11.6 Å². The highest BCUT2D eigenvalue weighted by Crippen LogP contribution is 2.57. The molecule has 0 saturated heterocycles. The van der Waals surface area contributed by atoms with Crippen LogP contribution < -0.4 is 16.4 Å². The molecule has 0 radical (unpaired) electrons. The van der Waals surface area contributed by atoms with Crippen molar-refractivity contribution >= 4 is 57.9 Å². The summed E-state index contributed by atoms with van der Waals surface area (Å²) < 4.78 is 0. The Hall–Kier alpha value is -5.03. The van der Waals surface area contributed by atoms with Gasteiger partial charge in [0, 0.05) is 34.5 Å². The van der Waals surface area contributed by atoms with Crippen LogP contribution in [0.2, 0.25) is 5.02 Å². The number of carbonyl (C=O) groups excluding carboxylic acids is 4. The van der Waals surface area contributed by atoms with Crippen LogP contribution in [0.5, 0.6) is 5.75 Å². The Labute approximate surface area is 271 Å². The van der Waals surface area contributed by atoms with Crippen molar-refractivity contribution in [1.29, 1.82) is 0 Å². The lowest BCUT2D eigenvalue weighted by atomic mass is 9.56. The maximum atomic E-state index is 14.3. The molecule has 0 heterocycles. The summed E-state index contributed by atoms with van der Waals surface area (Å²) in [6, 6.07) is 3.42. The van der Waals surface area contributed by atoms with Gasteiger partial charge in [0.15, 0.2) is 11.4 Å². The number of nitrogens with one attached hydrogen (secondary N) is 2. The average Bonchev–Trinajstić information content (AvgIpc) is 2.96. The molecule has 5 atom stereocenters. The van der Waals surface area contributed by atoms with Crippen LogP contribution in [-0.2, 0) is 14.4 Å². The number of nitro groups is 1. The minimum atomic E-state index is -2.83. The molecule has 1 fully saturated rings. The molecule has 3 unspecified atom stereocenters. The fourth-order valence-electron chi connectivity index (χ4n) is 7.01. The number of nitro benzene ring substituents is 1. The van der Waals surface area contributed by atoms with E-state index < -0.39 is 86.5 Å². The zero-order valence-electron chi connectivity index (χ0n) is 25.4. The molecule has 3 aliphatic rings. The monoisotopic (exact) mass is 670 g/mol. The SMILES string of the molecule is CN(C)C1c2ccc(NC(=O)Nc3ccc(Cl)cc3[N+](=O)[O-])c(O)c2C(O)=C2C(=O)[C@]3(O)C(O)=C(C(N)=O)C(=O)[C@@H](N(C)C)C3CC21. The molecular weight excluding hydrogens is 640 g/mol. The summed E-state index contributed by atoms with van der Waals surface area (Å²) in [5, 5.41) is 62.1. The van der Waals surface area contributed by atoms with Gasteiger partial charge in [0.2, 0.25) is 5.78 Å². The number of aliphatic hydroxyl groups is 3. The molecule has 16 nitrogen and oxygen atoms in total. The first kappa shape index (κ1) is 33.3. The summed E-state index contributed by atoms with van der Waals surface area (Å²) in [7, 11) is 6.36. The number of fused-ring (bicyclic) bond motifs is 3. The number of benzene rings is 2. The number of carbonyl (C=O) groups is 4. The highest BCUT2D eigenvalue weighted by atomic mass is 35.5. The van der Waals surface area contributed by atoms with Gasteiger partial charge in [-0.3, -0.25) is 29.4 Å². The number of nitrogens with zero attached hydrogens (tertiary/aromatic N) is 3. The summed E-state index contributed by atoms with van der Waals surface area (Å²) in [5.74, 6) is -8.22. The van der Waals surface area contributed by atoms with Gasteiger partial charge in [0.05, 0.1) is 22.2 Å². The predicted octanol–water partition coefficient (Wildman–Crippen LogP) is 2.23. The number of hydrogen-bond donors (Lipinski definition) is 7. The van der Waals surface area contributed by atoms with Crippen molar-refractivity contribution in [2.24, 2.45) is 17.6 Å². The summed E-state index contributed by atoms with van der Waals surface area (Å²) in [5.41, 5.74) is 0.344. The number of aromatic hydroxyl groups is 1. The molecule has 0 aliphatic heterocycles. The predicted molar refractivity (Wildman–Crippen MR) is 168 cm³/mol. The number of nitrogens with two attached hydrogens (primary N) is 1. The summed E-state index contributed by atoms with van der Waals surface area (Å²) >= 11 is 5.83. The maximum Gasteiger partial charge on any atom is 0.323 e. The number of primary amides is 1. The number of ketones is 2. The zero-order chi connectivity index (χ0) is 34.9. The number of urea groups is 1. The van der Waals surface area contributed by atoms with Gasteiger partial charge in [-0.2, -0.15) is 0 Å². The Kier molecular flexibility index (Phi) is 8.26. The third kappa shape index (κ3) is 5.05. The lowest BCUT2D eigenvalue weighted by Gasteiger charge is -2.52. The van der Waals surface area contributed by atoms with Gasteiger partial charge < -0.3 is 41.7 Å². The van der Waals surface area contributed by atoms with Crippen molar-refractivity contribution in [2.45, 2.75) is 24.1 Å². The molecule has 2 aromatic rings. The topological polar surface area (TPSA) is 249 Å². The Balaban J connectivity index is 1.62. The average molecular weight is 671 g/mol.